The highest BCUT2D eigenvalue weighted by atomic mass is 16.6. The van der Waals surface area contributed by atoms with Gasteiger partial charge in [0.05, 0.1) is 16.6 Å². The van der Waals surface area contributed by atoms with Crippen molar-refractivity contribution >= 4 is 17.3 Å². The van der Waals surface area contributed by atoms with Crippen molar-refractivity contribution < 1.29 is 19.9 Å². The number of carboxylic acid groups (broad SMARTS) is 1. The van der Waals surface area contributed by atoms with Crippen LogP contribution in [0.15, 0.2) is 18.2 Å². The molecule has 7 nitrogen and oxygen atoms in total. The zero-order valence-electron chi connectivity index (χ0n) is 9.79. The van der Waals surface area contributed by atoms with Gasteiger partial charge in [0, 0.05) is 24.4 Å². The summed E-state index contributed by atoms with van der Waals surface area (Å²) < 4.78 is 0. The summed E-state index contributed by atoms with van der Waals surface area (Å²) in [7, 11) is 0. The van der Waals surface area contributed by atoms with Crippen LogP contribution in [0, 0.1) is 10.1 Å². The van der Waals surface area contributed by atoms with Crippen LogP contribution in [-0.2, 0) is 0 Å². The van der Waals surface area contributed by atoms with E-state index in [-0.39, 0.29) is 23.5 Å². The lowest BCUT2D eigenvalue weighted by Gasteiger charge is -2.12. The molecule has 1 aromatic carbocycles. The first-order chi connectivity index (χ1) is 8.45. The maximum absolute atomic E-state index is 11.0. The Hall–Kier alpha value is -2.15. The molecule has 1 aromatic rings. The number of rotatable bonds is 6. The summed E-state index contributed by atoms with van der Waals surface area (Å²) in [5, 5.41) is 31.7. The Kier molecular flexibility index (Phi) is 4.61. The van der Waals surface area contributed by atoms with Crippen LogP contribution in [-0.4, -0.2) is 33.8 Å². The summed E-state index contributed by atoms with van der Waals surface area (Å²) >= 11 is 0. The first kappa shape index (κ1) is 13.9. The van der Waals surface area contributed by atoms with Crippen molar-refractivity contribution in [1.29, 1.82) is 0 Å². The van der Waals surface area contributed by atoms with E-state index >= 15 is 0 Å². The van der Waals surface area contributed by atoms with E-state index in [1.165, 1.54) is 12.1 Å². The number of aromatic carboxylic acids is 1. The molecule has 1 unspecified atom stereocenters. The summed E-state index contributed by atoms with van der Waals surface area (Å²) in [6.07, 6.45) is -0.0654. The Morgan fingerprint density at radius 1 is 1.56 bits per heavy atom. The van der Waals surface area contributed by atoms with Gasteiger partial charge in [-0.25, -0.2) is 4.79 Å². The molecule has 0 heterocycles. The van der Waals surface area contributed by atoms with Crippen molar-refractivity contribution in [2.75, 3.05) is 11.9 Å². The molecule has 18 heavy (non-hydrogen) atoms. The number of hydrogen-bond donors (Lipinski definition) is 3. The molecule has 1 rings (SSSR count). The Morgan fingerprint density at radius 2 is 2.22 bits per heavy atom. The van der Waals surface area contributed by atoms with Crippen LogP contribution in [0.25, 0.3) is 0 Å². The van der Waals surface area contributed by atoms with Gasteiger partial charge in [0.15, 0.2) is 0 Å². The number of nitrogens with zero attached hydrogens (tertiary/aromatic N) is 1. The molecule has 0 aliphatic heterocycles. The molecule has 0 radical (unpaired) electrons. The third kappa shape index (κ3) is 3.42. The fourth-order valence-corrected chi connectivity index (χ4v) is 1.35. The van der Waals surface area contributed by atoms with Crippen LogP contribution in [0.1, 0.15) is 23.7 Å². The van der Waals surface area contributed by atoms with E-state index in [1.807, 2.05) is 0 Å². The molecule has 98 valence electrons. The number of hydrogen-bond acceptors (Lipinski definition) is 5. The molecule has 1 atom stereocenters. The van der Waals surface area contributed by atoms with Crippen molar-refractivity contribution in [2.45, 2.75) is 19.4 Å². The third-order valence-electron chi connectivity index (χ3n) is 2.44. The third-order valence-corrected chi connectivity index (χ3v) is 2.44. The maximum atomic E-state index is 11.0. The zero-order chi connectivity index (χ0) is 13.7. The lowest BCUT2D eigenvalue weighted by atomic mass is 10.1. The average Bonchev–Trinajstić information content (AvgIpc) is 2.35. The summed E-state index contributed by atoms with van der Waals surface area (Å²) in [5.74, 6) is -1.26. The van der Waals surface area contributed by atoms with Gasteiger partial charge in [-0.1, -0.05) is 6.92 Å². The minimum absolute atomic E-state index is 0.187. The van der Waals surface area contributed by atoms with Crippen molar-refractivity contribution in [3.05, 3.63) is 33.9 Å². The molecule has 0 fully saturated rings. The second kappa shape index (κ2) is 5.97. The number of nitro groups is 1. The van der Waals surface area contributed by atoms with Gasteiger partial charge in [-0.05, 0) is 12.5 Å². The summed E-state index contributed by atoms with van der Waals surface area (Å²) in [6.45, 7) is 1.98. The van der Waals surface area contributed by atoms with Gasteiger partial charge in [-0.15, -0.1) is 0 Å². The van der Waals surface area contributed by atoms with Crippen LogP contribution in [0.5, 0.6) is 0 Å². The number of carbonyl (C=O) groups is 1. The topological polar surface area (TPSA) is 113 Å². The van der Waals surface area contributed by atoms with Gasteiger partial charge in [-0.2, -0.15) is 0 Å². The van der Waals surface area contributed by atoms with Gasteiger partial charge in [0.25, 0.3) is 5.69 Å². The van der Waals surface area contributed by atoms with Crippen molar-refractivity contribution in [3.8, 4) is 0 Å². The van der Waals surface area contributed by atoms with Crippen molar-refractivity contribution in [2.24, 2.45) is 0 Å². The Bertz CT molecular complexity index is 461. The normalized spacial score (nSPS) is 11.9. The predicted octanol–water partition coefficient (Wildman–Crippen LogP) is 1.48. The molecule has 0 amide bonds. The van der Waals surface area contributed by atoms with Gasteiger partial charge in [0.1, 0.15) is 0 Å². The highest BCUT2D eigenvalue weighted by molar-refractivity contribution is 5.95. The lowest BCUT2D eigenvalue weighted by Crippen LogP contribution is -2.19. The molecular weight excluding hydrogens is 240 g/mol. The second-order valence-electron chi connectivity index (χ2n) is 3.74. The molecule has 0 bridgehead atoms. The number of carboxylic acids is 1. The average molecular weight is 254 g/mol. The number of nitrogens with one attached hydrogen (secondary N) is 1. The standard InChI is InChI=1S/C11H14N2O5/c1-2-8(14)6-12-10-4-3-7(13(17)18)5-9(10)11(15)16/h3-5,8,12,14H,2,6H2,1H3,(H,15,16). The Labute approximate surface area is 103 Å². The Morgan fingerprint density at radius 3 is 2.72 bits per heavy atom. The van der Waals surface area contributed by atoms with E-state index in [0.29, 0.717) is 6.42 Å². The van der Waals surface area contributed by atoms with E-state index in [2.05, 4.69) is 5.32 Å². The SMILES string of the molecule is CCC(O)CNc1ccc([N+](=O)[O-])cc1C(=O)O. The van der Waals surface area contributed by atoms with E-state index in [0.717, 1.165) is 6.07 Å². The van der Waals surface area contributed by atoms with Crippen molar-refractivity contribution in [3.63, 3.8) is 0 Å². The first-order valence-electron chi connectivity index (χ1n) is 5.39. The van der Waals surface area contributed by atoms with Crippen LogP contribution in [0.3, 0.4) is 0 Å². The molecule has 0 saturated heterocycles. The molecule has 0 aromatic heterocycles. The fraction of sp³-hybridized carbons (Fsp3) is 0.364. The van der Waals surface area contributed by atoms with E-state index in [1.54, 1.807) is 6.92 Å². The van der Waals surface area contributed by atoms with Gasteiger partial charge >= 0.3 is 5.97 Å². The van der Waals surface area contributed by atoms with Crippen LogP contribution >= 0.6 is 0 Å². The lowest BCUT2D eigenvalue weighted by molar-refractivity contribution is -0.384. The number of nitro benzene ring substituents is 1. The summed E-state index contributed by atoms with van der Waals surface area (Å²) in [5.41, 5.74) is -0.220. The van der Waals surface area contributed by atoms with E-state index in [4.69, 9.17) is 5.11 Å². The first-order valence-corrected chi connectivity index (χ1v) is 5.39. The highest BCUT2D eigenvalue weighted by Crippen LogP contribution is 2.22. The minimum Gasteiger partial charge on any atom is -0.478 e. The number of aliphatic hydroxyl groups excluding tert-OH is 1. The molecule has 7 heteroatoms. The molecule has 3 N–H and O–H groups in total. The predicted molar refractivity (Wildman–Crippen MR) is 64.8 cm³/mol. The monoisotopic (exact) mass is 254 g/mol. The molecule has 0 saturated carbocycles. The fourth-order valence-electron chi connectivity index (χ4n) is 1.35. The quantitative estimate of drug-likeness (QED) is 0.523. The number of benzene rings is 1. The number of anilines is 1. The van der Waals surface area contributed by atoms with E-state index in [9.17, 15) is 20.0 Å². The molecule has 0 aliphatic rings. The summed E-state index contributed by atoms with van der Waals surface area (Å²) in [6, 6.07) is 3.53. The zero-order valence-corrected chi connectivity index (χ0v) is 9.79. The van der Waals surface area contributed by atoms with Crippen LogP contribution < -0.4 is 5.32 Å². The van der Waals surface area contributed by atoms with Crippen LogP contribution in [0.4, 0.5) is 11.4 Å². The van der Waals surface area contributed by atoms with Gasteiger partial charge in [0.2, 0.25) is 0 Å². The maximum Gasteiger partial charge on any atom is 0.338 e. The van der Waals surface area contributed by atoms with Crippen molar-refractivity contribution in [1.82, 2.24) is 0 Å². The summed E-state index contributed by atoms with van der Waals surface area (Å²) in [4.78, 5) is 20.9. The van der Waals surface area contributed by atoms with Gasteiger partial charge < -0.3 is 15.5 Å². The highest BCUT2D eigenvalue weighted by Gasteiger charge is 2.16. The largest absolute Gasteiger partial charge is 0.478 e. The van der Waals surface area contributed by atoms with E-state index < -0.39 is 17.0 Å². The second-order valence-corrected chi connectivity index (χ2v) is 3.74. The van der Waals surface area contributed by atoms with Crippen LogP contribution in [0.2, 0.25) is 0 Å². The number of non-ortho nitro benzene ring substituents is 1. The minimum atomic E-state index is -1.26. The molecular formula is C11H14N2O5. The smallest absolute Gasteiger partial charge is 0.338 e. The molecule has 0 aliphatic carbocycles. The molecule has 0 spiro atoms. The van der Waals surface area contributed by atoms with Gasteiger partial charge in [-0.3, -0.25) is 10.1 Å². The number of aliphatic hydroxyl groups is 1. The Balaban J connectivity index is 2.97.